The molecule has 2 rings (SSSR count). The first-order valence-electron chi connectivity index (χ1n) is 7.03. The van der Waals surface area contributed by atoms with E-state index in [0.29, 0.717) is 36.1 Å². The van der Waals surface area contributed by atoms with Crippen LogP contribution in [0, 0.1) is 5.92 Å². The van der Waals surface area contributed by atoms with Crippen molar-refractivity contribution in [1.29, 1.82) is 0 Å². The summed E-state index contributed by atoms with van der Waals surface area (Å²) in [5.41, 5.74) is 0.615. The summed E-state index contributed by atoms with van der Waals surface area (Å²) in [5.74, 6) is 0.488. The van der Waals surface area contributed by atoms with Gasteiger partial charge in [-0.05, 0) is 37.9 Å². The zero-order chi connectivity index (χ0) is 15.6. The lowest BCUT2D eigenvalue weighted by molar-refractivity contribution is 0.412. The van der Waals surface area contributed by atoms with Gasteiger partial charge in [-0.15, -0.1) is 0 Å². The number of benzene rings is 1. The second-order valence-electron chi connectivity index (χ2n) is 5.27. The predicted octanol–water partition coefficient (Wildman–Crippen LogP) is 3.13. The predicted molar refractivity (Wildman–Crippen MR) is 86.4 cm³/mol. The summed E-state index contributed by atoms with van der Waals surface area (Å²) in [7, 11) is -1.82. The van der Waals surface area contributed by atoms with Crippen molar-refractivity contribution in [3.63, 3.8) is 0 Å². The van der Waals surface area contributed by atoms with Crippen molar-refractivity contribution in [3.8, 4) is 0 Å². The van der Waals surface area contributed by atoms with E-state index in [1.54, 1.807) is 13.1 Å². The first kappa shape index (κ1) is 17.0. The van der Waals surface area contributed by atoms with Gasteiger partial charge in [0.05, 0.1) is 5.02 Å². The molecular formula is C14H20Cl2N2O2S. The van der Waals surface area contributed by atoms with Gasteiger partial charge in [0.2, 0.25) is 10.0 Å². The number of hydrogen-bond donors (Lipinski definition) is 1. The van der Waals surface area contributed by atoms with Crippen LogP contribution in [-0.2, 0) is 16.6 Å². The Balaban J connectivity index is 2.40. The van der Waals surface area contributed by atoms with Crippen LogP contribution in [0.2, 0.25) is 10.0 Å². The number of nitrogens with zero attached hydrogens (tertiary/aromatic N) is 1. The summed E-state index contributed by atoms with van der Waals surface area (Å²) >= 11 is 12.4. The van der Waals surface area contributed by atoms with Crippen LogP contribution in [0.5, 0.6) is 0 Å². The molecule has 21 heavy (non-hydrogen) atoms. The van der Waals surface area contributed by atoms with Crippen molar-refractivity contribution in [2.45, 2.75) is 31.2 Å². The fourth-order valence-corrected chi connectivity index (χ4v) is 4.65. The molecule has 1 N–H and O–H groups in total. The monoisotopic (exact) mass is 350 g/mol. The van der Waals surface area contributed by atoms with Crippen molar-refractivity contribution in [3.05, 3.63) is 27.7 Å². The van der Waals surface area contributed by atoms with E-state index in [-0.39, 0.29) is 9.92 Å². The zero-order valence-electron chi connectivity index (χ0n) is 12.2. The molecule has 4 nitrogen and oxygen atoms in total. The van der Waals surface area contributed by atoms with Gasteiger partial charge in [0.25, 0.3) is 0 Å². The van der Waals surface area contributed by atoms with E-state index in [0.717, 1.165) is 12.8 Å². The van der Waals surface area contributed by atoms with E-state index < -0.39 is 10.0 Å². The molecule has 1 aliphatic rings. The van der Waals surface area contributed by atoms with Gasteiger partial charge in [-0.2, -0.15) is 4.31 Å². The molecule has 0 saturated heterocycles. The minimum atomic E-state index is -3.58. The molecule has 0 aliphatic heterocycles. The second-order valence-corrected chi connectivity index (χ2v) is 7.96. The fraction of sp³-hybridized carbons (Fsp3) is 0.571. The minimum absolute atomic E-state index is 0.140. The molecule has 0 radical (unpaired) electrons. The maximum Gasteiger partial charge on any atom is 0.244 e. The van der Waals surface area contributed by atoms with Crippen LogP contribution < -0.4 is 5.32 Å². The molecule has 1 saturated carbocycles. The molecule has 0 bridgehead atoms. The number of nitrogens with one attached hydrogen (secondary N) is 1. The van der Waals surface area contributed by atoms with Crippen LogP contribution >= 0.6 is 23.2 Å². The molecule has 0 atom stereocenters. The van der Waals surface area contributed by atoms with E-state index in [1.165, 1.54) is 10.4 Å². The Kier molecular flexibility index (Phi) is 5.54. The van der Waals surface area contributed by atoms with Gasteiger partial charge in [0, 0.05) is 30.2 Å². The Bertz CT molecular complexity index is 616. The minimum Gasteiger partial charge on any atom is -0.316 e. The summed E-state index contributed by atoms with van der Waals surface area (Å²) in [4.78, 5) is 0.140. The maximum atomic E-state index is 12.8. The van der Waals surface area contributed by atoms with Crippen LogP contribution in [0.15, 0.2) is 17.0 Å². The molecule has 1 aromatic carbocycles. The van der Waals surface area contributed by atoms with Gasteiger partial charge >= 0.3 is 0 Å². The standard InChI is InChI=1S/C14H20Cl2N2O2S/c1-3-18(9-10-4-5-10)21(19,20)13-7-6-12(15)11(8-17-2)14(13)16/h6-7,10,17H,3-5,8-9H2,1-2H3. The molecule has 1 aromatic rings. The summed E-state index contributed by atoms with van der Waals surface area (Å²) < 4.78 is 27.1. The molecule has 0 aromatic heterocycles. The van der Waals surface area contributed by atoms with Gasteiger partial charge in [0.15, 0.2) is 0 Å². The van der Waals surface area contributed by atoms with E-state index in [1.807, 2.05) is 6.92 Å². The zero-order valence-corrected chi connectivity index (χ0v) is 14.5. The summed E-state index contributed by atoms with van der Waals surface area (Å²) in [6.45, 7) is 3.28. The Labute approximate surface area is 136 Å². The third-order valence-corrected chi connectivity index (χ3v) is 6.51. The number of rotatable bonds is 7. The Morgan fingerprint density at radius 1 is 1.33 bits per heavy atom. The average molecular weight is 351 g/mol. The first-order valence-corrected chi connectivity index (χ1v) is 9.23. The molecule has 0 spiro atoms. The lowest BCUT2D eigenvalue weighted by Gasteiger charge is -2.22. The third-order valence-electron chi connectivity index (χ3n) is 3.63. The quantitative estimate of drug-likeness (QED) is 0.821. The van der Waals surface area contributed by atoms with Crippen molar-refractivity contribution >= 4 is 33.2 Å². The largest absolute Gasteiger partial charge is 0.316 e. The molecule has 0 amide bonds. The summed E-state index contributed by atoms with van der Waals surface area (Å²) in [6, 6.07) is 3.09. The van der Waals surface area contributed by atoms with E-state index in [2.05, 4.69) is 5.32 Å². The van der Waals surface area contributed by atoms with Crippen LogP contribution in [0.3, 0.4) is 0 Å². The van der Waals surface area contributed by atoms with E-state index in [4.69, 9.17) is 23.2 Å². The van der Waals surface area contributed by atoms with Crippen LogP contribution in [-0.4, -0.2) is 32.9 Å². The smallest absolute Gasteiger partial charge is 0.244 e. The normalized spacial score (nSPS) is 15.7. The highest BCUT2D eigenvalue weighted by Gasteiger charge is 2.32. The highest BCUT2D eigenvalue weighted by molar-refractivity contribution is 7.89. The van der Waals surface area contributed by atoms with Crippen molar-refractivity contribution in [2.24, 2.45) is 5.92 Å². The summed E-state index contributed by atoms with van der Waals surface area (Å²) in [5, 5.41) is 3.64. The number of hydrogen-bond acceptors (Lipinski definition) is 3. The lowest BCUT2D eigenvalue weighted by atomic mass is 10.2. The third kappa shape index (κ3) is 3.71. The molecule has 1 aliphatic carbocycles. The van der Waals surface area contributed by atoms with Crippen molar-refractivity contribution in [1.82, 2.24) is 9.62 Å². The van der Waals surface area contributed by atoms with Crippen molar-refractivity contribution < 1.29 is 8.42 Å². The van der Waals surface area contributed by atoms with E-state index >= 15 is 0 Å². The van der Waals surface area contributed by atoms with Crippen molar-refractivity contribution in [2.75, 3.05) is 20.1 Å². The topological polar surface area (TPSA) is 49.4 Å². The highest BCUT2D eigenvalue weighted by Crippen LogP contribution is 2.35. The Morgan fingerprint density at radius 2 is 2.00 bits per heavy atom. The SMILES string of the molecule is CCN(CC1CC1)S(=O)(=O)c1ccc(Cl)c(CNC)c1Cl. The molecule has 118 valence electrons. The average Bonchev–Trinajstić information content (AvgIpc) is 3.24. The van der Waals surface area contributed by atoms with Gasteiger partial charge < -0.3 is 5.32 Å². The second kappa shape index (κ2) is 6.84. The maximum absolute atomic E-state index is 12.8. The van der Waals surface area contributed by atoms with Gasteiger partial charge in [0.1, 0.15) is 4.90 Å². The van der Waals surface area contributed by atoms with Crippen LogP contribution in [0.1, 0.15) is 25.3 Å². The molecule has 0 unspecified atom stereocenters. The Morgan fingerprint density at radius 3 is 2.52 bits per heavy atom. The molecule has 0 heterocycles. The number of halogens is 2. The fourth-order valence-electron chi connectivity index (χ4n) is 2.24. The Hall–Kier alpha value is -0.330. The van der Waals surface area contributed by atoms with Gasteiger partial charge in [-0.3, -0.25) is 0 Å². The lowest BCUT2D eigenvalue weighted by Crippen LogP contribution is -2.33. The van der Waals surface area contributed by atoms with Crippen LogP contribution in [0.4, 0.5) is 0 Å². The van der Waals surface area contributed by atoms with Crippen LogP contribution in [0.25, 0.3) is 0 Å². The van der Waals surface area contributed by atoms with E-state index in [9.17, 15) is 8.42 Å². The molecular weight excluding hydrogens is 331 g/mol. The first-order chi connectivity index (χ1) is 9.91. The van der Waals surface area contributed by atoms with Gasteiger partial charge in [-0.1, -0.05) is 30.1 Å². The van der Waals surface area contributed by atoms with Gasteiger partial charge in [-0.25, -0.2) is 8.42 Å². The molecule has 1 fully saturated rings. The molecule has 7 heteroatoms. The summed E-state index contributed by atoms with van der Waals surface area (Å²) in [6.07, 6.45) is 2.21. The number of sulfonamides is 1. The highest BCUT2D eigenvalue weighted by atomic mass is 35.5.